The molecule has 0 saturated heterocycles. The van der Waals surface area contributed by atoms with Crippen molar-refractivity contribution >= 4 is 11.9 Å². The van der Waals surface area contributed by atoms with Crippen LogP contribution in [0.3, 0.4) is 0 Å². The van der Waals surface area contributed by atoms with Crippen LogP contribution in [0.4, 0.5) is 0 Å². The van der Waals surface area contributed by atoms with Crippen molar-refractivity contribution in [2.24, 2.45) is 5.92 Å². The molecule has 122 valence electrons. The third-order valence-corrected chi connectivity index (χ3v) is 3.68. The van der Waals surface area contributed by atoms with Gasteiger partial charge in [-0.2, -0.15) is 0 Å². The highest BCUT2D eigenvalue weighted by Crippen LogP contribution is 2.28. The molecule has 1 amide bonds. The molecule has 0 heterocycles. The Morgan fingerprint density at radius 3 is 2.48 bits per heavy atom. The zero-order valence-corrected chi connectivity index (χ0v) is 13.6. The average Bonchev–Trinajstić information content (AvgIpc) is 2.35. The summed E-state index contributed by atoms with van der Waals surface area (Å²) in [6.07, 6.45) is 4.39. The number of ether oxygens (including phenoxy) is 2. The van der Waals surface area contributed by atoms with E-state index in [0.717, 1.165) is 25.7 Å². The molecule has 0 aromatic rings. The molecule has 0 radical (unpaired) electrons. The van der Waals surface area contributed by atoms with Crippen LogP contribution >= 0.6 is 0 Å². The van der Waals surface area contributed by atoms with E-state index >= 15 is 0 Å². The Balaban J connectivity index is 2.37. The maximum atomic E-state index is 12.4. The Bertz CT molecular complexity index is 326. The summed E-state index contributed by atoms with van der Waals surface area (Å²) < 4.78 is 10.4. The Labute approximate surface area is 128 Å². The molecule has 0 atom stereocenters. The molecular formula is C16H29NO4. The van der Waals surface area contributed by atoms with E-state index in [9.17, 15) is 9.59 Å². The molecule has 0 spiro atoms. The van der Waals surface area contributed by atoms with E-state index in [1.54, 1.807) is 6.92 Å². The molecule has 0 unspecified atom stereocenters. The maximum Gasteiger partial charge on any atom is 0.307 e. The van der Waals surface area contributed by atoms with Crippen molar-refractivity contribution in [3.63, 3.8) is 0 Å². The molecule has 0 aromatic heterocycles. The molecule has 0 bridgehead atoms. The van der Waals surface area contributed by atoms with Gasteiger partial charge in [-0.25, -0.2) is 0 Å². The molecule has 0 N–H and O–H groups in total. The highest BCUT2D eigenvalue weighted by molar-refractivity contribution is 5.80. The van der Waals surface area contributed by atoms with Gasteiger partial charge in [0, 0.05) is 25.6 Å². The van der Waals surface area contributed by atoms with Gasteiger partial charge in [0.25, 0.3) is 0 Å². The van der Waals surface area contributed by atoms with Crippen LogP contribution in [0.1, 0.15) is 52.9 Å². The van der Waals surface area contributed by atoms with E-state index in [2.05, 4.69) is 0 Å². The molecule has 1 aliphatic carbocycles. The van der Waals surface area contributed by atoms with E-state index in [0.29, 0.717) is 26.3 Å². The topological polar surface area (TPSA) is 55.8 Å². The van der Waals surface area contributed by atoms with Crippen molar-refractivity contribution in [1.82, 2.24) is 4.90 Å². The van der Waals surface area contributed by atoms with Gasteiger partial charge in [0.1, 0.15) is 0 Å². The predicted molar refractivity (Wildman–Crippen MR) is 80.9 cm³/mol. The van der Waals surface area contributed by atoms with Crippen LogP contribution in [0.25, 0.3) is 0 Å². The molecule has 0 aliphatic heterocycles. The van der Waals surface area contributed by atoms with Crippen LogP contribution in [-0.2, 0) is 19.1 Å². The van der Waals surface area contributed by atoms with E-state index in [-0.39, 0.29) is 30.3 Å². The van der Waals surface area contributed by atoms with Crippen molar-refractivity contribution in [1.29, 1.82) is 0 Å². The fourth-order valence-electron chi connectivity index (χ4n) is 2.28. The summed E-state index contributed by atoms with van der Waals surface area (Å²) in [4.78, 5) is 25.6. The second-order valence-corrected chi connectivity index (χ2v) is 5.78. The van der Waals surface area contributed by atoms with E-state index in [1.807, 2.05) is 18.7 Å². The Morgan fingerprint density at radius 1 is 1.24 bits per heavy atom. The van der Waals surface area contributed by atoms with Gasteiger partial charge >= 0.3 is 5.97 Å². The number of carbonyl (C=O) groups excluding carboxylic acids is 2. The number of amides is 1. The van der Waals surface area contributed by atoms with Crippen molar-refractivity contribution in [3.8, 4) is 0 Å². The monoisotopic (exact) mass is 299 g/mol. The molecule has 1 rings (SSSR count). The summed E-state index contributed by atoms with van der Waals surface area (Å²) in [5.41, 5.74) is 0. The van der Waals surface area contributed by atoms with Crippen molar-refractivity contribution in [2.75, 3.05) is 26.3 Å². The van der Waals surface area contributed by atoms with E-state index in [1.165, 1.54) is 0 Å². The normalized spacial score (nSPS) is 14.9. The van der Waals surface area contributed by atoms with Gasteiger partial charge in [-0.15, -0.1) is 0 Å². The summed E-state index contributed by atoms with van der Waals surface area (Å²) in [5, 5.41) is 0. The first-order valence-electron chi connectivity index (χ1n) is 8.10. The number of nitrogens with zero attached hydrogens (tertiary/aromatic N) is 1. The number of rotatable bonds is 10. The maximum absolute atomic E-state index is 12.4. The minimum atomic E-state index is -0.234. The zero-order valence-electron chi connectivity index (χ0n) is 13.6. The third-order valence-electron chi connectivity index (χ3n) is 3.68. The number of hydrogen-bond donors (Lipinski definition) is 0. The first-order valence-corrected chi connectivity index (χ1v) is 8.10. The minimum absolute atomic E-state index is 0.165. The molecule has 5 heteroatoms. The number of hydrogen-bond acceptors (Lipinski definition) is 4. The lowest BCUT2D eigenvalue weighted by atomic mass is 9.84. The second kappa shape index (κ2) is 9.77. The third kappa shape index (κ3) is 6.93. The summed E-state index contributed by atoms with van der Waals surface area (Å²) in [5.74, 6) is 0.121. The SMILES string of the molecule is CCOC(=O)CCN(CCCOC(C)C)C(=O)C1CCC1. The van der Waals surface area contributed by atoms with E-state index < -0.39 is 0 Å². The van der Waals surface area contributed by atoms with Gasteiger partial charge < -0.3 is 14.4 Å². The Morgan fingerprint density at radius 2 is 1.95 bits per heavy atom. The van der Waals surface area contributed by atoms with Crippen LogP contribution in [0.2, 0.25) is 0 Å². The van der Waals surface area contributed by atoms with Gasteiger partial charge in [-0.1, -0.05) is 6.42 Å². The highest BCUT2D eigenvalue weighted by Gasteiger charge is 2.29. The lowest BCUT2D eigenvalue weighted by molar-refractivity contribution is -0.145. The molecule has 1 aliphatic rings. The first kappa shape index (κ1) is 18.0. The molecule has 1 fully saturated rings. The molecular weight excluding hydrogens is 270 g/mol. The van der Waals surface area contributed by atoms with Gasteiger partial charge in [0.05, 0.1) is 19.1 Å². The fraction of sp³-hybridized carbons (Fsp3) is 0.875. The van der Waals surface area contributed by atoms with Crippen LogP contribution in [0, 0.1) is 5.92 Å². The molecule has 0 aromatic carbocycles. The van der Waals surface area contributed by atoms with Crippen molar-refractivity contribution in [3.05, 3.63) is 0 Å². The smallest absolute Gasteiger partial charge is 0.307 e. The summed E-state index contributed by atoms with van der Waals surface area (Å²) >= 11 is 0. The fourth-order valence-corrected chi connectivity index (χ4v) is 2.28. The van der Waals surface area contributed by atoms with Crippen LogP contribution in [0.5, 0.6) is 0 Å². The minimum Gasteiger partial charge on any atom is -0.466 e. The Hall–Kier alpha value is -1.10. The van der Waals surface area contributed by atoms with Gasteiger partial charge in [0.2, 0.25) is 5.91 Å². The van der Waals surface area contributed by atoms with Crippen molar-refractivity contribution < 1.29 is 19.1 Å². The summed E-state index contributed by atoms with van der Waals surface area (Å²) in [6.45, 7) is 7.93. The molecule has 1 saturated carbocycles. The second-order valence-electron chi connectivity index (χ2n) is 5.78. The largest absolute Gasteiger partial charge is 0.466 e. The lowest BCUT2D eigenvalue weighted by Crippen LogP contribution is -2.41. The van der Waals surface area contributed by atoms with Gasteiger partial charge in [-0.05, 0) is 40.0 Å². The van der Waals surface area contributed by atoms with Crippen LogP contribution in [0.15, 0.2) is 0 Å². The van der Waals surface area contributed by atoms with E-state index in [4.69, 9.17) is 9.47 Å². The standard InChI is InChI=1S/C16H29NO4/c1-4-20-15(18)9-11-17(10-6-12-21-13(2)3)16(19)14-7-5-8-14/h13-14H,4-12H2,1-3H3. The average molecular weight is 299 g/mol. The lowest BCUT2D eigenvalue weighted by Gasteiger charge is -2.31. The zero-order chi connectivity index (χ0) is 15.7. The van der Waals surface area contributed by atoms with Crippen LogP contribution in [-0.4, -0.2) is 49.2 Å². The first-order chi connectivity index (χ1) is 10.0. The summed E-state index contributed by atoms with van der Waals surface area (Å²) in [7, 11) is 0. The molecule has 5 nitrogen and oxygen atoms in total. The number of esters is 1. The number of carbonyl (C=O) groups is 2. The summed E-state index contributed by atoms with van der Waals surface area (Å²) in [6, 6.07) is 0. The highest BCUT2D eigenvalue weighted by atomic mass is 16.5. The van der Waals surface area contributed by atoms with Crippen molar-refractivity contribution in [2.45, 2.75) is 59.0 Å². The Kier molecular flexibility index (Phi) is 8.35. The van der Waals surface area contributed by atoms with Crippen LogP contribution < -0.4 is 0 Å². The quantitative estimate of drug-likeness (QED) is 0.459. The predicted octanol–water partition coefficient (Wildman–Crippen LogP) is 2.38. The molecule has 21 heavy (non-hydrogen) atoms. The van der Waals surface area contributed by atoms with Gasteiger partial charge in [0.15, 0.2) is 0 Å². The van der Waals surface area contributed by atoms with Gasteiger partial charge in [-0.3, -0.25) is 9.59 Å².